The zero-order chi connectivity index (χ0) is 12.7. The van der Waals surface area contributed by atoms with E-state index in [2.05, 4.69) is 10.1 Å². The Morgan fingerprint density at radius 2 is 2.00 bits per heavy atom. The zero-order valence-electron chi connectivity index (χ0n) is 9.26. The third-order valence-electron chi connectivity index (χ3n) is 2.18. The summed E-state index contributed by atoms with van der Waals surface area (Å²) in [5.74, 6) is -0.139. The van der Waals surface area contributed by atoms with Crippen molar-refractivity contribution >= 4 is 5.91 Å². The van der Waals surface area contributed by atoms with E-state index in [4.69, 9.17) is 4.74 Å². The molecule has 1 amide bonds. The molecule has 0 aromatic rings. The Bertz CT molecular complexity index is 242. The fraction of sp³-hybridized carbons (Fsp3) is 0.889. The van der Waals surface area contributed by atoms with E-state index in [1.165, 1.54) is 0 Å². The number of carbonyl (C=O) groups is 1. The summed E-state index contributed by atoms with van der Waals surface area (Å²) in [7, 11) is 0. The average molecular weight is 256 g/mol. The van der Waals surface area contributed by atoms with Crippen molar-refractivity contribution in [1.29, 1.82) is 0 Å². The van der Waals surface area contributed by atoms with Crippen molar-refractivity contribution < 1.29 is 27.4 Å². The number of nitrogens with zero attached hydrogens (tertiary/aromatic N) is 1. The van der Waals surface area contributed by atoms with Gasteiger partial charge in [-0.05, 0) is 0 Å². The quantitative estimate of drug-likeness (QED) is 0.702. The predicted molar refractivity (Wildman–Crippen MR) is 52.3 cm³/mol. The number of ether oxygens (including phenoxy) is 2. The SMILES string of the molecule is O=C(CNCCOC(F)(F)F)N1CCOCC1. The molecule has 1 N–H and O–H groups in total. The molecular weight excluding hydrogens is 241 g/mol. The van der Waals surface area contributed by atoms with Crippen molar-refractivity contribution in [1.82, 2.24) is 10.2 Å². The molecule has 1 aliphatic heterocycles. The molecular formula is C9H15F3N2O3. The maximum atomic E-state index is 11.6. The van der Waals surface area contributed by atoms with Crippen molar-refractivity contribution in [2.24, 2.45) is 0 Å². The minimum absolute atomic E-state index is 0.0151. The first-order chi connectivity index (χ1) is 7.99. The molecule has 0 aromatic heterocycles. The normalized spacial score (nSPS) is 17.2. The molecule has 1 rings (SSSR count). The molecule has 0 aromatic carbocycles. The van der Waals surface area contributed by atoms with Crippen LogP contribution in [0, 0.1) is 0 Å². The standard InChI is InChI=1S/C9H15F3N2O3/c10-9(11,12)17-4-1-13-7-8(15)14-2-5-16-6-3-14/h13H,1-7H2. The number of halogens is 3. The monoisotopic (exact) mass is 256 g/mol. The van der Waals surface area contributed by atoms with Crippen LogP contribution in [0.15, 0.2) is 0 Å². The van der Waals surface area contributed by atoms with Crippen LogP contribution < -0.4 is 5.32 Å². The van der Waals surface area contributed by atoms with E-state index in [0.29, 0.717) is 26.3 Å². The molecule has 1 heterocycles. The van der Waals surface area contributed by atoms with E-state index in [-0.39, 0.29) is 19.0 Å². The van der Waals surface area contributed by atoms with Gasteiger partial charge < -0.3 is 15.0 Å². The van der Waals surface area contributed by atoms with Gasteiger partial charge >= 0.3 is 6.36 Å². The van der Waals surface area contributed by atoms with E-state index in [1.807, 2.05) is 0 Å². The van der Waals surface area contributed by atoms with E-state index < -0.39 is 13.0 Å². The zero-order valence-corrected chi connectivity index (χ0v) is 9.26. The second kappa shape index (κ2) is 6.77. The molecule has 1 saturated heterocycles. The van der Waals surface area contributed by atoms with Crippen molar-refractivity contribution in [3.8, 4) is 0 Å². The molecule has 0 atom stereocenters. The van der Waals surface area contributed by atoms with Gasteiger partial charge in [0.05, 0.1) is 26.4 Å². The highest BCUT2D eigenvalue weighted by atomic mass is 19.4. The van der Waals surface area contributed by atoms with Gasteiger partial charge in [0.2, 0.25) is 5.91 Å². The lowest BCUT2D eigenvalue weighted by Gasteiger charge is -2.26. The van der Waals surface area contributed by atoms with Crippen LogP contribution in [0.25, 0.3) is 0 Å². The van der Waals surface area contributed by atoms with Gasteiger partial charge in [0.15, 0.2) is 0 Å². The van der Waals surface area contributed by atoms with Crippen molar-refractivity contribution in [3.63, 3.8) is 0 Å². The van der Waals surface area contributed by atoms with Gasteiger partial charge in [-0.15, -0.1) is 13.2 Å². The first-order valence-corrected chi connectivity index (χ1v) is 5.26. The maximum absolute atomic E-state index is 11.6. The van der Waals surface area contributed by atoms with Crippen LogP contribution in [-0.4, -0.2) is 63.2 Å². The summed E-state index contributed by atoms with van der Waals surface area (Å²) in [6, 6.07) is 0. The molecule has 0 spiro atoms. The molecule has 1 fully saturated rings. The lowest BCUT2D eigenvalue weighted by atomic mass is 10.4. The van der Waals surface area contributed by atoms with Crippen molar-refractivity contribution in [2.45, 2.75) is 6.36 Å². The van der Waals surface area contributed by atoms with Gasteiger partial charge in [-0.2, -0.15) is 0 Å². The molecule has 0 aliphatic carbocycles. The molecule has 17 heavy (non-hydrogen) atoms. The average Bonchev–Trinajstić information content (AvgIpc) is 2.28. The highest BCUT2D eigenvalue weighted by Gasteiger charge is 2.28. The minimum Gasteiger partial charge on any atom is -0.378 e. The van der Waals surface area contributed by atoms with Gasteiger partial charge in [0, 0.05) is 19.6 Å². The smallest absolute Gasteiger partial charge is 0.378 e. The fourth-order valence-corrected chi connectivity index (χ4v) is 1.36. The second-order valence-corrected chi connectivity index (χ2v) is 3.46. The molecule has 8 heteroatoms. The molecule has 100 valence electrons. The molecule has 0 bridgehead atoms. The number of morpholine rings is 1. The first kappa shape index (κ1) is 14.2. The molecule has 0 unspecified atom stereocenters. The minimum atomic E-state index is -4.62. The van der Waals surface area contributed by atoms with E-state index in [0.717, 1.165) is 0 Å². The van der Waals surface area contributed by atoms with Gasteiger partial charge in [0.1, 0.15) is 0 Å². The summed E-state index contributed by atoms with van der Waals surface area (Å²) in [5, 5.41) is 2.60. The van der Waals surface area contributed by atoms with Crippen LogP contribution in [0.3, 0.4) is 0 Å². The van der Waals surface area contributed by atoms with Crippen molar-refractivity contribution in [3.05, 3.63) is 0 Å². The Balaban J connectivity index is 2.04. The largest absolute Gasteiger partial charge is 0.522 e. The summed E-state index contributed by atoms with van der Waals surface area (Å²) in [4.78, 5) is 13.1. The lowest BCUT2D eigenvalue weighted by molar-refractivity contribution is -0.323. The second-order valence-electron chi connectivity index (χ2n) is 3.46. The first-order valence-electron chi connectivity index (χ1n) is 5.26. The fourth-order valence-electron chi connectivity index (χ4n) is 1.36. The Kier molecular flexibility index (Phi) is 5.66. The number of hydrogen-bond donors (Lipinski definition) is 1. The van der Waals surface area contributed by atoms with E-state index >= 15 is 0 Å². The molecule has 0 saturated carbocycles. The molecule has 1 aliphatic rings. The number of amides is 1. The van der Waals surface area contributed by atoms with E-state index in [1.54, 1.807) is 4.90 Å². The van der Waals surface area contributed by atoms with Crippen LogP contribution in [0.4, 0.5) is 13.2 Å². The van der Waals surface area contributed by atoms with Crippen LogP contribution >= 0.6 is 0 Å². The Hall–Kier alpha value is -0.860. The number of nitrogens with one attached hydrogen (secondary N) is 1. The number of carbonyl (C=O) groups excluding carboxylic acids is 1. The Morgan fingerprint density at radius 1 is 1.35 bits per heavy atom. The van der Waals surface area contributed by atoms with Gasteiger partial charge in [-0.25, -0.2) is 0 Å². The van der Waals surface area contributed by atoms with E-state index in [9.17, 15) is 18.0 Å². The third kappa shape index (κ3) is 6.44. The van der Waals surface area contributed by atoms with Gasteiger partial charge in [-0.3, -0.25) is 9.53 Å². The highest BCUT2D eigenvalue weighted by Crippen LogP contribution is 2.14. The predicted octanol–water partition coefficient (Wildman–Crippen LogP) is -0.0288. The third-order valence-corrected chi connectivity index (χ3v) is 2.18. The topological polar surface area (TPSA) is 50.8 Å². The van der Waals surface area contributed by atoms with Crippen molar-refractivity contribution in [2.75, 3.05) is 46.0 Å². The van der Waals surface area contributed by atoms with Crippen LogP contribution in [-0.2, 0) is 14.3 Å². The highest BCUT2D eigenvalue weighted by molar-refractivity contribution is 5.78. The summed E-state index contributed by atoms with van der Waals surface area (Å²) in [6.07, 6.45) is -4.62. The lowest BCUT2D eigenvalue weighted by Crippen LogP contribution is -2.45. The Morgan fingerprint density at radius 3 is 2.59 bits per heavy atom. The number of rotatable bonds is 5. The summed E-state index contributed by atoms with van der Waals surface area (Å²) >= 11 is 0. The van der Waals surface area contributed by atoms with Crippen LogP contribution in [0.2, 0.25) is 0 Å². The molecule has 5 nitrogen and oxygen atoms in total. The van der Waals surface area contributed by atoms with Gasteiger partial charge in [0.25, 0.3) is 0 Å². The number of alkyl halides is 3. The van der Waals surface area contributed by atoms with Gasteiger partial charge in [-0.1, -0.05) is 0 Å². The summed E-state index contributed by atoms with van der Waals surface area (Å²) in [5.41, 5.74) is 0. The summed E-state index contributed by atoms with van der Waals surface area (Å²) in [6.45, 7) is 1.56. The maximum Gasteiger partial charge on any atom is 0.522 e. The van der Waals surface area contributed by atoms with Crippen LogP contribution in [0.5, 0.6) is 0 Å². The van der Waals surface area contributed by atoms with Crippen LogP contribution in [0.1, 0.15) is 0 Å². The molecule has 0 radical (unpaired) electrons. The number of hydrogen-bond acceptors (Lipinski definition) is 4. The Labute approximate surface area is 96.8 Å². The summed E-state index contributed by atoms with van der Waals surface area (Å²) < 4.78 is 43.4.